The summed E-state index contributed by atoms with van der Waals surface area (Å²) in [5, 5.41) is 20.5. The van der Waals surface area contributed by atoms with Crippen LogP contribution in [0.5, 0.6) is 0 Å². The maximum Gasteiger partial charge on any atom is 0.303 e. The van der Waals surface area contributed by atoms with Crippen LogP contribution in [0.2, 0.25) is 18.1 Å². The molecule has 2 rings (SSSR count). The summed E-state index contributed by atoms with van der Waals surface area (Å²) >= 11 is 0. The van der Waals surface area contributed by atoms with Gasteiger partial charge in [-0.15, -0.1) is 0 Å². The van der Waals surface area contributed by atoms with Crippen molar-refractivity contribution in [1.82, 2.24) is 0 Å². The minimum atomic E-state index is -1.98. The fraction of sp³-hybridized carbons (Fsp3) is 0.963. The van der Waals surface area contributed by atoms with Crippen molar-refractivity contribution < 1.29 is 28.9 Å². The van der Waals surface area contributed by atoms with E-state index in [1.165, 1.54) is 12.8 Å². The molecule has 34 heavy (non-hydrogen) atoms. The third kappa shape index (κ3) is 8.58. The van der Waals surface area contributed by atoms with Gasteiger partial charge in [0.1, 0.15) is 0 Å². The molecule has 1 unspecified atom stereocenters. The first-order chi connectivity index (χ1) is 15.8. The van der Waals surface area contributed by atoms with Crippen molar-refractivity contribution in [3.63, 3.8) is 0 Å². The molecule has 1 saturated heterocycles. The molecule has 1 aliphatic carbocycles. The van der Waals surface area contributed by atoms with Crippen molar-refractivity contribution in [1.29, 1.82) is 0 Å². The van der Waals surface area contributed by atoms with Crippen molar-refractivity contribution in [3.05, 3.63) is 0 Å². The summed E-state index contributed by atoms with van der Waals surface area (Å²) in [6.45, 7) is 16.6. The van der Waals surface area contributed by atoms with Crippen LogP contribution in [0.4, 0.5) is 0 Å². The van der Waals surface area contributed by atoms with Gasteiger partial charge in [0.05, 0.1) is 24.2 Å². The maximum atomic E-state index is 11.6. The van der Waals surface area contributed by atoms with Gasteiger partial charge in [-0.05, 0) is 69.5 Å². The molecule has 0 bridgehead atoms. The van der Waals surface area contributed by atoms with Crippen LogP contribution in [-0.2, 0) is 18.7 Å². The van der Waals surface area contributed by atoms with Crippen LogP contribution >= 0.6 is 0 Å². The van der Waals surface area contributed by atoms with E-state index in [-0.39, 0.29) is 41.3 Å². The molecule has 1 heterocycles. The van der Waals surface area contributed by atoms with Crippen LogP contribution in [0.25, 0.3) is 0 Å². The largest absolute Gasteiger partial charge is 0.481 e. The Morgan fingerprint density at radius 3 is 2.35 bits per heavy atom. The molecule has 6 nitrogen and oxygen atoms in total. The Morgan fingerprint density at radius 1 is 1.09 bits per heavy atom. The number of carbonyl (C=O) groups is 1. The fourth-order valence-electron chi connectivity index (χ4n) is 5.42. The van der Waals surface area contributed by atoms with E-state index < -0.39 is 20.4 Å². The fourth-order valence-corrected chi connectivity index (χ4v) is 7.17. The highest BCUT2D eigenvalue weighted by molar-refractivity contribution is 6.74. The summed E-state index contributed by atoms with van der Waals surface area (Å²) in [4.78, 5) is 11.6. The number of hydrogen-bond donors (Lipinski definition) is 2. The Labute approximate surface area is 209 Å². The standard InChI is InChI=1S/C27H52O6Si/c1-8-9-11-15-27(5,33-34(6,7)26(2,3)4)16-14-20-21(18-24(29)30)22(28)19-23(20)32-25-13-10-12-17-31-25/h20-23,25,28H,8-19H2,1-7H3,(H,29,30)/t20-,21+,22-,23+,25?,27-/m0/s1. The normalized spacial score (nSPS) is 30.3. The number of carboxylic acid groups (broad SMARTS) is 1. The molecule has 0 radical (unpaired) electrons. The van der Waals surface area contributed by atoms with Gasteiger partial charge in [-0.2, -0.15) is 0 Å². The Morgan fingerprint density at radius 2 is 1.79 bits per heavy atom. The smallest absolute Gasteiger partial charge is 0.303 e. The molecule has 1 saturated carbocycles. The summed E-state index contributed by atoms with van der Waals surface area (Å²) in [6.07, 6.45) is 8.54. The highest BCUT2D eigenvalue weighted by atomic mass is 28.4. The van der Waals surface area contributed by atoms with Crippen molar-refractivity contribution in [3.8, 4) is 0 Å². The molecule has 200 valence electrons. The van der Waals surface area contributed by atoms with Crippen LogP contribution < -0.4 is 0 Å². The Kier molecular flexibility index (Phi) is 11.1. The molecule has 1 aliphatic heterocycles. The van der Waals surface area contributed by atoms with Crippen LogP contribution in [0.3, 0.4) is 0 Å². The molecular weight excluding hydrogens is 448 g/mol. The average molecular weight is 501 g/mol. The van der Waals surface area contributed by atoms with E-state index in [1.54, 1.807) is 0 Å². The first-order valence-corrected chi connectivity index (χ1v) is 16.6. The maximum absolute atomic E-state index is 11.6. The molecule has 2 N–H and O–H groups in total. The minimum Gasteiger partial charge on any atom is -0.481 e. The van der Waals surface area contributed by atoms with Gasteiger partial charge in [0.2, 0.25) is 0 Å². The number of ether oxygens (including phenoxy) is 2. The second-order valence-electron chi connectivity index (χ2n) is 12.5. The predicted octanol–water partition coefficient (Wildman–Crippen LogP) is 6.51. The average Bonchev–Trinajstić information content (AvgIpc) is 3.00. The number of hydrogen-bond acceptors (Lipinski definition) is 5. The molecule has 0 aromatic rings. The molecule has 7 heteroatoms. The van der Waals surface area contributed by atoms with E-state index in [0.29, 0.717) is 13.0 Å². The van der Waals surface area contributed by atoms with Crippen molar-refractivity contribution in [2.75, 3.05) is 6.61 Å². The topological polar surface area (TPSA) is 85.2 Å². The SMILES string of the molecule is CCCCC[C@@](C)(CC[C@H]1[C@@H](CC(=O)O)[C@@H](O)C[C@H]1OC1CCCCO1)O[Si](C)(C)C(C)(C)C. The Bertz CT molecular complexity index is 627. The van der Waals surface area contributed by atoms with Crippen LogP contribution in [0.15, 0.2) is 0 Å². The Hall–Kier alpha value is -0.473. The molecule has 2 fully saturated rings. The number of aliphatic hydroxyl groups excluding tert-OH is 1. The van der Waals surface area contributed by atoms with Crippen LogP contribution in [0.1, 0.15) is 105 Å². The lowest BCUT2D eigenvalue weighted by Gasteiger charge is -2.45. The molecule has 0 amide bonds. The number of carboxylic acids is 1. The zero-order chi connectivity index (χ0) is 25.6. The molecule has 0 aromatic carbocycles. The lowest BCUT2D eigenvalue weighted by atomic mass is 9.82. The van der Waals surface area contributed by atoms with E-state index in [9.17, 15) is 15.0 Å². The van der Waals surface area contributed by atoms with Gasteiger partial charge in [0.25, 0.3) is 0 Å². The first kappa shape index (κ1) is 29.8. The third-order valence-corrected chi connectivity index (χ3v) is 13.1. The lowest BCUT2D eigenvalue weighted by molar-refractivity contribution is -0.197. The minimum absolute atomic E-state index is 0.00913. The van der Waals surface area contributed by atoms with Gasteiger partial charge in [-0.25, -0.2) is 0 Å². The van der Waals surface area contributed by atoms with E-state index in [4.69, 9.17) is 13.9 Å². The second kappa shape index (κ2) is 12.7. The molecule has 0 aromatic heterocycles. The van der Waals surface area contributed by atoms with Gasteiger partial charge in [0, 0.05) is 18.9 Å². The zero-order valence-corrected chi connectivity index (χ0v) is 23.9. The monoisotopic (exact) mass is 500 g/mol. The summed E-state index contributed by atoms with van der Waals surface area (Å²) in [6, 6.07) is 0. The molecule has 2 aliphatic rings. The van der Waals surface area contributed by atoms with Gasteiger partial charge in [-0.1, -0.05) is 47.0 Å². The molecule has 6 atom stereocenters. The van der Waals surface area contributed by atoms with Crippen LogP contribution in [-0.4, -0.2) is 55.2 Å². The lowest BCUT2D eigenvalue weighted by Crippen LogP contribution is -2.49. The van der Waals surface area contributed by atoms with Crippen LogP contribution in [0, 0.1) is 11.8 Å². The van der Waals surface area contributed by atoms with Gasteiger partial charge in [-0.3, -0.25) is 4.79 Å². The van der Waals surface area contributed by atoms with E-state index in [0.717, 1.165) is 44.9 Å². The van der Waals surface area contributed by atoms with Gasteiger partial charge in [0.15, 0.2) is 14.6 Å². The number of rotatable bonds is 13. The highest BCUT2D eigenvalue weighted by Crippen LogP contribution is 2.45. The van der Waals surface area contributed by atoms with Crippen molar-refractivity contribution in [2.24, 2.45) is 11.8 Å². The van der Waals surface area contributed by atoms with Crippen molar-refractivity contribution in [2.45, 2.75) is 147 Å². The predicted molar refractivity (Wildman–Crippen MR) is 138 cm³/mol. The van der Waals surface area contributed by atoms with Gasteiger partial charge < -0.3 is 24.1 Å². The summed E-state index contributed by atoms with van der Waals surface area (Å²) in [5.41, 5.74) is -0.259. The van der Waals surface area contributed by atoms with E-state index in [2.05, 4.69) is 47.7 Å². The molecular formula is C27H52O6Si. The second-order valence-corrected chi connectivity index (χ2v) is 17.2. The highest BCUT2D eigenvalue weighted by Gasteiger charge is 2.47. The zero-order valence-electron chi connectivity index (χ0n) is 22.9. The number of aliphatic hydroxyl groups is 1. The third-order valence-electron chi connectivity index (χ3n) is 8.49. The number of aliphatic carboxylic acids is 1. The summed E-state index contributed by atoms with van der Waals surface area (Å²) in [7, 11) is -1.98. The quantitative estimate of drug-likeness (QED) is 0.221. The van der Waals surface area contributed by atoms with Crippen molar-refractivity contribution >= 4 is 14.3 Å². The van der Waals surface area contributed by atoms with E-state index >= 15 is 0 Å². The van der Waals surface area contributed by atoms with Gasteiger partial charge >= 0.3 is 5.97 Å². The summed E-state index contributed by atoms with van der Waals surface area (Å²) in [5.74, 6) is -1.16. The molecule has 0 spiro atoms. The first-order valence-electron chi connectivity index (χ1n) is 13.6. The number of unbranched alkanes of at least 4 members (excludes halogenated alkanes) is 2. The Balaban J connectivity index is 2.18. The van der Waals surface area contributed by atoms with E-state index in [1.807, 2.05) is 0 Å². The summed E-state index contributed by atoms with van der Waals surface area (Å²) < 4.78 is 19.2.